The molecule has 184 valence electrons. The Morgan fingerprint density at radius 2 is 1.78 bits per heavy atom. The number of nitrogens with zero attached hydrogens (tertiary/aromatic N) is 1. The molecule has 1 amide bonds. The van der Waals surface area contributed by atoms with Gasteiger partial charge in [0.05, 0.1) is 12.6 Å². The molecule has 8 nitrogen and oxygen atoms in total. The highest BCUT2D eigenvalue weighted by Gasteiger charge is 2.24. The summed E-state index contributed by atoms with van der Waals surface area (Å²) in [4.78, 5) is 16.1. The lowest BCUT2D eigenvalue weighted by Crippen LogP contribution is -2.54. The molecule has 0 radical (unpaired) electrons. The molecule has 0 saturated carbocycles. The molecule has 1 aromatic carbocycles. The molecule has 32 heavy (non-hydrogen) atoms. The Labute approximate surface area is 205 Å². The van der Waals surface area contributed by atoms with Gasteiger partial charge in [-0.25, -0.2) is 4.79 Å². The molecular formula is C21H35F2IN4O4. The number of benzene rings is 1. The number of alkyl halides is 2. The van der Waals surface area contributed by atoms with Crippen molar-refractivity contribution in [2.24, 2.45) is 4.99 Å². The number of ether oxygens (including phenoxy) is 3. The lowest BCUT2D eigenvalue weighted by molar-refractivity contribution is -0.0512. The number of methoxy groups -OCH3 is 1. The van der Waals surface area contributed by atoms with E-state index in [4.69, 9.17) is 9.47 Å². The normalized spacial score (nSPS) is 12.0. The Morgan fingerprint density at radius 1 is 1.12 bits per heavy atom. The van der Waals surface area contributed by atoms with Gasteiger partial charge in [-0.3, -0.25) is 4.99 Å². The summed E-state index contributed by atoms with van der Waals surface area (Å²) in [5, 5.41) is 9.10. The van der Waals surface area contributed by atoms with E-state index in [1.54, 1.807) is 40.0 Å². The summed E-state index contributed by atoms with van der Waals surface area (Å²) < 4.78 is 40.0. The topological polar surface area (TPSA) is 93.2 Å². The van der Waals surface area contributed by atoms with Gasteiger partial charge >= 0.3 is 12.7 Å². The maximum Gasteiger partial charge on any atom is 0.408 e. The van der Waals surface area contributed by atoms with Crippen LogP contribution in [-0.2, 0) is 11.2 Å². The molecular weight excluding hydrogens is 537 g/mol. The van der Waals surface area contributed by atoms with Crippen LogP contribution in [0, 0.1) is 0 Å². The first-order valence-electron chi connectivity index (χ1n) is 9.92. The molecule has 0 aromatic heterocycles. The van der Waals surface area contributed by atoms with Crippen molar-refractivity contribution in [2.45, 2.75) is 58.8 Å². The molecule has 0 bridgehead atoms. The first-order valence-corrected chi connectivity index (χ1v) is 9.92. The van der Waals surface area contributed by atoms with Gasteiger partial charge in [0.2, 0.25) is 0 Å². The van der Waals surface area contributed by atoms with Gasteiger partial charge in [-0.05, 0) is 58.7 Å². The molecule has 0 aliphatic carbocycles. The third kappa shape index (κ3) is 12.1. The number of rotatable bonds is 9. The van der Waals surface area contributed by atoms with Gasteiger partial charge in [0.15, 0.2) is 17.5 Å². The molecule has 3 N–H and O–H groups in total. The van der Waals surface area contributed by atoms with Crippen LogP contribution in [-0.4, -0.2) is 57.1 Å². The molecule has 0 unspecified atom stereocenters. The van der Waals surface area contributed by atoms with E-state index < -0.39 is 23.8 Å². The van der Waals surface area contributed by atoms with Crippen LogP contribution in [0.1, 0.15) is 40.2 Å². The largest absolute Gasteiger partial charge is 0.493 e. The van der Waals surface area contributed by atoms with Gasteiger partial charge in [-0.15, -0.1) is 24.0 Å². The van der Waals surface area contributed by atoms with Crippen LogP contribution >= 0.6 is 24.0 Å². The van der Waals surface area contributed by atoms with Gasteiger partial charge < -0.3 is 30.2 Å². The van der Waals surface area contributed by atoms with Gasteiger partial charge in [0.25, 0.3) is 0 Å². The third-order valence-corrected chi connectivity index (χ3v) is 3.91. The third-order valence-electron chi connectivity index (χ3n) is 3.91. The van der Waals surface area contributed by atoms with Gasteiger partial charge in [0, 0.05) is 20.1 Å². The SMILES string of the molecule is CN=C(NCCc1ccc(OC)c(OC(F)F)c1)NCC(C)(C)NC(=O)OC(C)(C)C.I. The minimum absolute atomic E-state index is 0. The highest BCUT2D eigenvalue weighted by molar-refractivity contribution is 14.0. The fourth-order valence-electron chi connectivity index (χ4n) is 2.54. The summed E-state index contributed by atoms with van der Waals surface area (Å²) >= 11 is 0. The number of carbonyl (C=O) groups excluding carboxylic acids is 1. The van der Waals surface area contributed by atoms with Crippen LogP contribution in [0.4, 0.5) is 13.6 Å². The van der Waals surface area contributed by atoms with Gasteiger partial charge in [-0.2, -0.15) is 8.78 Å². The molecule has 0 aliphatic heterocycles. The summed E-state index contributed by atoms with van der Waals surface area (Å²) in [5.74, 6) is 0.776. The van der Waals surface area contributed by atoms with Crippen molar-refractivity contribution >= 4 is 36.0 Å². The molecule has 0 saturated heterocycles. The van der Waals surface area contributed by atoms with Crippen molar-refractivity contribution < 1.29 is 27.8 Å². The summed E-state index contributed by atoms with van der Waals surface area (Å²) in [5.41, 5.74) is -0.365. The Hall–Kier alpha value is -2.05. The van der Waals surface area contributed by atoms with E-state index in [1.807, 2.05) is 13.8 Å². The Bertz CT molecular complexity index is 756. The highest BCUT2D eigenvalue weighted by Crippen LogP contribution is 2.29. The van der Waals surface area contributed by atoms with Crippen LogP contribution in [0.5, 0.6) is 11.5 Å². The Kier molecular flexibility index (Phi) is 12.6. The first kappa shape index (κ1) is 29.9. The summed E-state index contributed by atoms with van der Waals surface area (Å²) in [6, 6.07) is 4.89. The van der Waals surface area contributed by atoms with E-state index in [9.17, 15) is 13.6 Å². The van der Waals surface area contributed by atoms with Crippen LogP contribution in [0.2, 0.25) is 0 Å². The van der Waals surface area contributed by atoms with Crippen LogP contribution in [0.25, 0.3) is 0 Å². The molecule has 0 heterocycles. The van der Waals surface area contributed by atoms with Crippen molar-refractivity contribution in [3.63, 3.8) is 0 Å². The van der Waals surface area contributed by atoms with Crippen LogP contribution in [0.3, 0.4) is 0 Å². The van der Waals surface area contributed by atoms with Crippen molar-refractivity contribution in [1.82, 2.24) is 16.0 Å². The number of hydrogen-bond donors (Lipinski definition) is 3. The van der Waals surface area contributed by atoms with Crippen molar-refractivity contribution in [3.05, 3.63) is 23.8 Å². The number of alkyl carbamates (subject to hydrolysis) is 1. The number of nitrogens with one attached hydrogen (secondary N) is 3. The predicted octanol–water partition coefficient (Wildman–Crippen LogP) is 3.93. The number of hydrogen-bond acceptors (Lipinski definition) is 5. The van der Waals surface area contributed by atoms with E-state index >= 15 is 0 Å². The maximum absolute atomic E-state index is 12.6. The van der Waals surface area contributed by atoms with Gasteiger partial charge in [0.1, 0.15) is 5.60 Å². The second kappa shape index (κ2) is 13.5. The molecule has 0 fully saturated rings. The molecule has 1 rings (SSSR count). The lowest BCUT2D eigenvalue weighted by Gasteiger charge is -2.29. The molecule has 11 heteroatoms. The number of aliphatic imine (C=N–C) groups is 1. The second-order valence-corrected chi connectivity index (χ2v) is 8.48. The summed E-state index contributed by atoms with van der Waals surface area (Å²) in [7, 11) is 3.02. The highest BCUT2D eigenvalue weighted by atomic mass is 127. The maximum atomic E-state index is 12.6. The quantitative estimate of drug-likeness (QED) is 0.236. The fraction of sp³-hybridized carbons (Fsp3) is 0.619. The average molecular weight is 572 g/mol. The van der Waals surface area contributed by atoms with Crippen LogP contribution in [0.15, 0.2) is 23.2 Å². The molecule has 0 atom stereocenters. The second-order valence-electron chi connectivity index (χ2n) is 8.48. The lowest BCUT2D eigenvalue weighted by atomic mass is 10.1. The zero-order valence-electron chi connectivity index (χ0n) is 19.7. The van der Waals surface area contributed by atoms with Crippen molar-refractivity contribution in [2.75, 3.05) is 27.2 Å². The number of guanidine groups is 1. The molecule has 0 aliphatic rings. The van der Waals surface area contributed by atoms with Gasteiger partial charge in [-0.1, -0.05) is 6.07 Å². The van der Waals surface area contributed by atoms with Crippen molar-refractivity contribution in [3.8, 4) is 11.5 Å². The monoisotopic (exact) mass is 572 g/mol. The van der Waals surface area contributed by atoms with E-state index in [2.05, 4.69) is 25.7 Å². The minimum Gasteiger partial charge on any atom is -0.493 e. The molecule has 1 aromatic rings. The van der Waals surface area contributed by atoms with E-state index in [0.29, 0.717) is 25.5 Å². The molecule has 0 spiro atoms. The fourth-order valence-corrected chi connectivity index (χ4v) is 2.54. The zero-order chi connectivity index (χ0) is 23.7. The summed E-state index contributed by atoms with van der Waals surface area (Å²) in [6.07, 6.45) is 0.0488. The average Bonchev–Trinajstić information content (AvgIpc) is 2.62. The standard InChI is InChI=1S/C21H34F2N4O4.HI/c1-20(2,3)31-19(28)27-21(4,5)13-26-18(24-6)25-11-10-14-8-9-15(29-7)16(12-14)30-17(22)23;/h8-9,12,17H,10-11,13H2,1-7H3,(H,27,28)(H2,24,25,26);1H. The van der Waals surface area contributed by atoms with E-state index in [-0.39, 0.29) is 35.5 Å². The zero-order valence-corrected chi connectivity index (χ0v) is 22.0. The van der Waals surface area contributed by atoms with E-state index in [1.165, 1.54) is 13.2 Å². The first-order chi connectivity index (χ1) is 14.3. The van der Waals surface area contributed by atoms with Crippen molar-refractivity contribution in [1.29, 1.82) is 0 Å². The predicted molar refractivity (Wildman–Crippen MR) is 132 cm³/mol. The van der Waals surface area contributed by atoms with Crippen LogP contribution < -0.4 is 25.4 Å². The number of amides is 1. The number of carbonyl (C=O) groups is 1. The number of halogens is 3. The Morgan fingerprint density at radius 3 is 2.31 bits per heavy atom. The smallest absolute Gasteiger partial charge is 0.408 e. The summed E-state index contributed by atoms with van der Waals surface area (Å²) in [6.45, 7) is 7.10. The minimum atomic E-state index is -2.93. The Balaban J connectivity index is 0.00000961. The van der Waals surface area contributed by atoms with E-state index in [0.717, 1.165) is 5.56 Å².